The van der Waals surface area contributed by atoms with Crippen molar-refractivity contribution in [3.63, 3.8) is 0 Å². The number of benzene rings is 1. The molecule has 2 unspecified atom stereocenters. The number of aliphatic hydroxyl groups excluding tert-OH is 1. The highest BCUT2D eigenvalue weighted by molar-refractivity contribution is 5.46. The van der Waals surface area contributed by atoms with Crippen LogP contribution in [0.3, 0.4) is 0 Å². The second kappa shape index (κ2) is 5.34. The summed E-state index contributed by atoms with van der Waals surface area (Å²) in [5.74, 6) is 0. The summed E-state index contributed by atoms with van der Waals surface area (Å²) in [6.45, 7) is 2.91. The van der Waals surface area contributed by atoms with Crippen molar-refractivity contribution in [1.82, 2.24) is 9.78 Å². The molecule has 1 N–H and O–H groups in total. The molecule has 0 aliphatic heterocycles. The van der Waals surface area contributed by atoms with E-state index in [4.69, 9.17) is 0 Å². The fourth-order valence-corrected chi connectivity index (χ4v) is 3.26. The largest absolute Gasteiger partial charge is 0.386 e. The van der Waals surface area contributed by atoms with E-state index in [9.17, 15) is 10.4 Å². The first-order valence-electron chi connectivity index (χ1n) is 7.41. The van der Waals surface area contributed by atoms with E-state index >= 15 is 0 Å². The molecule has 21 heavy (non-hydrogen) atoms. The van der Waals surface area contributed by atoms with Crippen molar-refractivity contribution in [2.45, 2.75) is 44.2 Å². The highest BCUT2D eigenvalue weighted by atomic mass is 16.3. The maximum absolute atomic E-state index is 10.8. The van der Waals surface area contributed by atoms with Gasteiger partial charge in [-0.25, -0.2) is 0 Å². The topological polar surface area (TPSA) is 61.8 Å². The van der Waals surface area contributed by atoms with Gasteiger partial charge in [-0.05, 0) is 30.4 Å². The number of nitrogens with zero attached hydrogens (tertiary/aromatic N) is 3. The maximum Gasteiger partial charge on any atom is 0.113 e. The van der Waals surface area contributed by atoms with E-state index in [0.29, 0.717) is 6.42 Å². The zero-order chi connectivity index (χ0) is 14.9. The molecular formula is C17H19N3O. The molecule has 1 heterocycles. The average molecular weight is 281 g/mol. The van der Waals surface area contributed by atoms with Gasteiger partial charge in [0.2, 0.25) is 0 Å². The number of aliphatic hydroxyl groups is 1. The molecule has 0 bridgehead atoms. The van der Waals surface area contributed by atoms with Gasteiger partial charge in [0.15, 0.2) is 0 Å². The van der Waals surface area contributed by atoms with Gasteiger partial charge < -0.3 is 5.11 Å². The number of hydrogen-bond acceptors (Lipinski definition) is 3. The van der Waals surface area contributed by atoms with Crippen molar-refractivity contribution in [1.29, 1.82) is 5.26 Å². The molecule has 0 saturated heterocycles. The van der Waals surface area contributed by atoms with Crippen molar-refractivity contribution >= 4 is 0 Å². The van der Waals surface area contributed by atoms with Crippen LogP contribution in [0.15, 0.2) is 36.7 Å². The lowest BCUT2D eigenvalue weighted by atomic mass is 9.76. The van der Waals surface area contributed by atoms with Crippen molar-refractivity contribution in [2.75, 3.05) is 0 Å². The Morgan fingerprint density at radius 2 is 2.29 bits per heavy atom. The number of aromatic nitrogens is 2. The van der Waals surface area contributed by atoms with Crippen molar-refractivity contribution in [3.8, 4) is 6.07 Å². The van der Waals surface area contributed by atoms with Crippen molar-refractivity contribution in [2.24, 2.45) is 0 Å². The molecule has 0 radical (unpaired) electrons. The lowest BCUT2D eigenvalue weighted by Crippen LogP contribution is -2.29. The van der Waals surface area contributed by atoms with Gasteiger partial charge in [0.1, 0.15) is 11.5 Å². The fraction of sp³-hybridized carbons (Fsp3) is 0.412. The highest BCUT2D eigenvalue weighted by Crippen LogP contribution is 2.46. The molecule has 1 aromatic carbocycles. The van der Waals surface area contributed by atoms with Gasteiger partial charge in [0, 0.05) is 18.3 Å². The first-order chi connectivity index (χ1) is 10.2. The molecule has 0 amide bonds. The van der Waals surface area contributed by atoms with Crippen LogP contribution >= 0.6 is 0 Å². The lowest BCUT2D eigenvalue weighted by molar-refractivity contribution is 0.111. The molecule has 0 saturated carbocycles. The maximum atomic E-state index is 10.8. The van der Waals surface area contributed by atoms with Gasteiger partial charge in [-0.15, -0.1) is 0 Å². The minimum atomic E-state index is -0.851. The first-order valence-corrected chi connectivity index (χ1v) is 7.41. The molecule has 1 aromatic heterocycles. The normalized spacial score (nSPS) is 21.8. The third kappa shape index (κ3) is 2.14. The summed E-state index contributed by atoms with van der Waals surface area (Å²) < 4.78 is 1.82. The molecule has 108 valence electrons. The SMILES string of the molecule is CCCn1cc(C(O)C2(C#N)CCc3ccccc32)cn1. The van der Waals surface area contributed by atoms with E-state index in [2.05, 4.69) is 18.1 Å². The van der Waals surface area contributed by atoms with Gasteiger partial charge in [-0.2, -0.15) is 10.4 Å². The van der Waals surface area contributed by atoms with Crippen LogP contribution in [0.2, 0.25) is 0 Å². The van der Waals surface area contributed by atoms with Gasteiger partial charge in [-0.3, -0.25) is 4.68 Å². The van der Waals surface area contributed by atoms with E-state index in [1.54, 1.807) is 6.20 Å². The van der Waals surface area contributed by atoms with Crippen molar-refractivity contribution in [3.05, 3.63) is 53.3 Å². The predicted octanol–water partition coefficient (Wildman–Crippen LogP) is 2.73. The summed E-state index contributed by atoms with van der Waals surface area (Å²) in [4.78, 5) is 0. The average Bonchev–Trinajstić information content (AvgIpc) is 3.12. The van der Waals surface area contributed by atoms with Gasteiger partial charge in [-0.1, -0.05) is 31.2 Å². The third-order valence-electron chi connectivity index (χ3n) is 4.37. The van der Waals surface area contributed by atoms with E-state index in [1.165, 1.54) is 5.56 Å². The quantitative estimate of drug-likeness (QED) is 0.937. The molecular weight excluding hydrogens is 262 g/mol. The summed E-state index contributed by atoms with van der Waals surface area (Å²) in [6.07, 6.45) is 5.18. The Labute approximate surface area is 124 Å². The molecule has 0 fully saturated rings. The minimum Gasteiger partial charge on any atom is -0.386 e. The number of fused-ring (bicyclic) bond motifs is 1. The molecule has 4 heteroatoms. The van der Waals surface area contributed by atoms with E-state index < -0.39 is 11.5 Å². The number of hydrogen-bond donors (Lipinski definition) is 1. The third-order valence-corrected chi connectivity index (χ3v) is 4.37. The Morgan fingerprint density at radius 1 is 1.48 bits per heavy atom. The number of nitriles is 1. The van der Waals surface area contributed by atoms with Crippen LogP contribution in [0.1, 0.15) is 42.6 Å². The van der Waals surface area contributed by atoms with E-state index in [1.807, 2.05) is 35.1 Å². The molecule has 1 aliphatic rings. The summed E-state index contributed by atoms with van der Waals surface area (Å²) in [6, 6.07) is 10.3. The van der Waals surface area contributed by atoms with Crippen LogP contribution in [-0.2, 0) is 18.4 Å². The minimum absolute atomic E-state index is 0.656. The summed E-state index contributed by atoms with van der Waals surface area (Å²) in [7, 11) is 0. The summed E-state index contributed by atoms with van der Waals surface area (Å²) in [5.41, 5.74) is 2.00. The van der Waals surface area contributed by atoms with E-state index in [0.717, 1.165) is 30.5 Å². The molecule has 3 rings (SSSR count). The highest BCUT2D eigenvalue weighted by Gasteiger charge is 2.46. The standard InChI is InChI=1S/C17H19N3O/c1-2-9-20-11-14(10-19-20)16(21)17(12-18)8-7-13-5-3-4-6-15(13)17/h3-6,10-11,16,21H,2,7-9H2,1H3. The van der Waals surface area contributed by atoms with Gasteiger partial charge in [0.25, 0.3) is 0 Å². The monoisotopic (exact) mass is 281 g/mol. The van der Waals surface area contributed by atoms with Crippen LogP contribution < -0.4 is 0 Å². The number of rotatable bonds is 4. The van der Waals surface area contributed by atoms with Crippen LogP contribution in [0.5, 0.6) is 0 Å². The second-order valence-electron chi connectivity index (χ2n) is 5.68. The van der Waals surface area contributed by atoms with Gasteiger partial charge in [0.05, 0.1) is 12.3 Å². The Kier molecular flexibility index (Phi) is 3.52. The Bertz CT molecular complexity index is 685. The molecule has 1 aliphatic carbocycles. The zero-order valence-electron chi connectivity index (χ0n) is 12.2. The Morgan fingerprint density at radius 3 is 3.05 bits per heavy atom. The van der Waals surface area contributed by atoms with Crippen LogP contribution in [-0.4, -0.2) is 14.9 Å². The molecule has 2 aromatic rings. The molecule has 4 nitrogen and oxygen atoms in total. The molecule has 2 atom stereocenters. The smallest absolute Gasteiger partial charge is 0.113 e. The fourth-order valence-electron chi connectivity index (χ4n) is 3.26. The van der Waals surface area contributed by atoms with E-state index in [-0.39, 0.29) is 0 Å². The Hall–Kier alpha value is -2.12. The van der Waals surface area contributed by atoms with Crippen molar-refractivity contribution < 1.29 is 5.11 Å². The summed E-state index contributed by atoms with van der Waals surface area (Å²) in [5, 5.41) is 24.9. The van der Waals surface area contributed by atoms with Crippen LogP contribution in [0, 0.1) is 11.3 Å². The van der Waals surface area contributed by atoms with Gasteiger partial charge >= 0.3 is 0 Å². The van der Waals surface area contributed by atoms with Crippen LogP contribution in [0.4, 0.5) is 0 Å². The molecule has 0 spiro atoms. The number of aryl methyl sites for hydroxylation is 2. The Balaban J connectivity index is 1.99. The second-order valence-corrected chi connectivity index (χ2v) is 5.68. The first kappa shape index (κ1) is 13.8. The summed E-state index contributed by atoms with van der Waals surface area (Å²) >= 11 is 0. The predicted molar refractivity (Wildman–Crippen MR) is 79.5 cm³/mol. The van der Waals surface area contributed by atoms with Crippen LogP contribution in [0.25, 0.3) is 0 Å². The lowest BCUT2D eigenvalue weighted by Gasteiger charge is -2.27. The zero-order valence-corrected chi connectivity index (χ0v) is 12.2.